The molecule has 0 saturated carbocycles. The highest BCUT2D eigenvalue weighted by Gasteiger charge is 2.05. The Labute approximate surface area is 128 Å². The molecule has 2 aromatic rings. The van der Waals surface area contributed by atoms with Crippen LogP contribution in [0.3, 0.4) is 0 Å². The summed E-state index contributed by atoms with van der Waals surface area (Å²) in [5, 5.41) is 8.93. The summed E-state index contributed by atoms with van der Waals surface area (Å²) in [7, 11) is 0. The number of carbonyl (C=O) groups is 1. The Morgan fingerprint density at radius 2 is 2.05 bits per heavy atom. The van der Waals surface area contributed by atoms with Gasteiger partial charge >= 0.3 is 12.0 Å². The largest absolute Gasteiger partial charge is 0.478 e. The molecule has 0 bridgehead atoms. The van der Waals surface area contributed by atoms with E-state index in [1.165, 1.54) is 18.5 Å². The van der Waals surface area contributed by atoms with Gasteiger partial charge in [-0.05, 0) is 24.3 Å². The molecule has 2 rings (SSSR count). The molecule has 0 atom stereocenters. The zero-order valence-electron chi connectivity index (χ0n) is 9.96. The highest BCUT2D eigenvalue weighted by molar-refractivity contribution is 9.10. The fourth-order valence-corrected chi connectivity index (χ4v) is 2.00. The van der Waals surface area contributed by atoms with Gasteiger partial charge in [0.05, 0.1) is 5.02 Å². The number of benzene rings is 1. The number of carboxylic acids is 1. The second kappa shape index (κ2) is 6.49. The van der Waals surface area contributed by atoms with Crippen molar-refractivity contribution < 1.29 is 14.6 Å². The van der Waals surface area contributed by atoms with Gasteiger partial charge in [-0.15, -0.1) is 0 Å². The van der Waals surface area contributed by atoms with E-state index in [9.17, 15) is 4.79 Å². The van der Waals surface area contributed by atoms with Crippen LogP contribution in [0.15, 0.2) is 41.1 Å². The van der Waals surface area contributed by atoms with Gasteiger partial charge in [0.1, 0.15) is 5.75 Å². The van der Waals surface area contributed by atoms with Crippen LogP contribution in [-0.4, -0.2) is 21.0 Å². The number of hydrogen-bond acceptors (Lipinski definition) is 4. The molecule has 1 N–H and O–H groups in total. The van der Waals surface area contributed by atoms with Gasteiger partial charge in [0.25, 0.3) is 0 Å². The highest BCUT2D eigenvalue weighted by Crippen LogP contribution is 2.30. The van der Waals surface area contributed by atoms with E-state index in [-0.39, 0.29) is 6.01 Å². The Kier molecular flexibility index (Phi) is 4.70. The van der Waals surface area contributed by atoms with E-state index in [0.717, 1.165) is 10.5 Å². The molecule has 102 valence electrons. The standard InChI is InChI=1S/C13H8BrClN2O3/c14-9-2-3-11(10(15)5-9)20-13-16-6-8(7-17-13)1-4-12(18)19/h1-7H,(H,18,19)/b4-1+. The molecule has 0 amide bonds. The molecule has 7 heteroatoms. The third kappa shape index (κ3) is 4.04. The molecule has 5 nitrogen and oxygen atoms in total. The first kappa shape index (κ1) is 14.5. The van der Waals surface area contributed by atoms with Crippen LogP contribution in [-0.2, 0) is 4.79 Å². The molecule has 0 unspecified atom stereocenters. The van der Waals surface area contributed by atoms with E-state index in [0.29, 0.717) is 16.3 Å². The first-order valence-electron chi connectivity index (χ1n) is 5.40. The van der Waals surface area contributed by atoms with Gasteiger partial charge in [-0.25, -0.2) is 14.8 Å². The minimum absolute atomic E-state index is 0.127. The van der Waals surface area contributed by atoms with E-state index in [1.807, 2.05) is 0 Å². The first-order valence-corrected chi connectivity index (χ1v) is 6.57. The average molecular weight is 356 g/mol. The minimum Gasteiger partial charge on any atom is -0.478 e. The van der Waals surface area contributed by atoms with Crippen molar-refractivity contribution in [3.05, 3.63) is 51.7 Å². The first-order chi connectivity index (χ1) is 9.54. The van der Waals surface area contributed by atoms with Crippen molar-refractivity contribution in [3.63, 3.8) is 0 Å². The summed E-state index contributed by atoms with van der Waals surface area (Å²) in [5.74, 6) is -0.601. The fraction of sp³-hybridized carbons (Fsp3) is 0. The SMILES string of the molecule is O=C(O)/C=C/c1cnc(Oc2ccc(Br)cc2Cl)nc1. The monoisotopic (exact) mass is 354 g/mol. The van der Waals surface area contributed by atoms with Gasteiger partial charge in [-0.1, -0.05) is 27.5 Å². The number of halogens is 2. The molecular formula is C13H8BrClN2O3. The number of carboxylic acid groups (broad SMARTS) is 1. The minimum atomic E-state index is -1.04. The van der Waals surface area contributed by atoms with Crippen molar-refractivity contribution in [2.45, 2.75) is 0 Å². The van der Waals surface area contributed by atoms with Gasteiger partial charge < -0.3 is 9.84 Å². The molecule has 0 radical (unpaired) electrons. The summed E-state index contributed by atoms with van der Waals surface area (Å²) in [5.41, 5.74) is 0.557. The van der Waals surface area contributed by atoms with Gasteiger partial charge in [-0.2, -0.15) is 0 Å². The topological polar surface area (TPSA) is 72.3 Å². The molecule has 0 aliphatic rings. The average Bonchev–Trinajstić information content (AvgIpc) is 2.41. The second-order valence-corrected chi connectivity index (χ2v) is 4.97. The van der Waals surface area contributed by atoms with Gasteiger partial charge in [0, 0.05) is 28.5 Å². The number of rotatable bonds is 4. The van der Waals surface area contributed by atoms with E-state index >= 15 is 0 Å². The number of aromatic nitrogens is 2. The van der Waals surface area contributed by atoms with Crippen LogP contribution in [0, 0.1) is 0 Å². The maximum absolute atomic E-state index is 10.4. The molecular weight excluding hydrogens is 348 g/mol. The van der Waals surface area contributed by atoms with Gasteiger partial charge in [-0.3, -0.25) is 0 Å². The lowest BCUT2D eigenvalue weighted by Gasteiger charge is -2.05. The second-order valence-electron chi connectivity index (χ2n) is 3.65. The summed E-state index contributed by atoms with van der Waals surface area (Å²) in [6.07, 6.45) is 5.30. The van der Waals surface area contributed by atoms with E-state index in [2.05, 4.69) is 25.9 Å². The fourth-order valence-electron chi connectivity index (χ4n) is 1.29. The van der Waals surface area contributed by atoms with Gasteiger partial charge in [0.2, 0.25) is 0 Å². The Morgan fingerprint density at radius 1 is 1.35 bits per heavy atom. The van der Waals surface area contributed by atoms with E-state index in [1.54, 1.807) is 18.2 Å². The maximum atomic E-state index is 10.4. The number of nitrogens with zero attached hydrogens (tertiary/aromatic N) is 2. The lowest BCUT2D eigenvalue weighted by atomic mass is 10.3. The van der Waals surface area contributed by atoms with Crippen molar-refractivity contribution in [2.75, 3.05) is 0 Å². The van der Waals surface area contributed by atoms with Crippen LogP contribution in [0.5, 0.6) is 11.8 Å². The van der Waals surface area contributed by atoms with Crippen LogP contribution in [0.25, 0.3) is 6.08 Å². The third-order valence-corrected chi connectivity index (χ3v) is 2.95. The lowest BCUT2D eigenvalue weighted by molar-refractivity contribution is -0.131. The Morgan fingerprint density at radius 3 is 2.65 bits per heavy atom. The maximum Gasteiger partial charge on any atom is 0.328 e. The molecule has 1 aromatic heterocycles. The van der Waals surface area contributed by atoms with Crippen molar-refractivity contribution >= 4 is 39.6 Å². The molecule has 0 fully saturated rings. The van der Waals surface area contributed by atoms with E-state index < -0.39 is 5.97 Å². The highest BCUT2D eigenvalue weighted by atomic mass is 79.9. The molecule has 1 heterocycles. The summed E-state index contributed by atoms with van der Waals surface area (Å²) >= 11 is 9.30. The molecule has 0 aliphatic carbocycles. The molecule has 0 spiro atoms. The van der Waals surface area contributed by atoms with Crippen LogP contribution in [0.4, 0.5) is 0 Å². The zero-order valence-corrected chi connectivity index (χ0v) is 12.3. The molecule has 1 aromatic carbocycles. The van der Waals surface area contributed by atoms with Gasteiger partial charge in [0.15, 0.2) is 0 Å². The van der Waals surface area contributed by atoms with Crippen molar-refractivity contribution in [1.82, 2.24) is 9.97 Å². The van der Waals surface area contributed by atoms with E-state index in [4.69, 9.17) is 21.4 Å². The van der Waals surface area contributed by atoms with Crippen molar-refractivity contribution in [1.29, 1.82) is 0 Å². The predicted molar refractivity (Wildman–Crippen MR) is 77.9 cm³/mol. The zero-order chi connectivity index (χ0) is 14.5. The molecule has 20 heavy (non-hydrogen) atoms. The Balaban J connectivity index is 2.12. The third-order valence-electron chi connectivity index (χ3n) is 2.16. The van der Waals surface area contributed by atoms with Crippen LogP contribution in [0.2, 0.25) is 5.02 Å². The summed E-state index contributed by atoms with van der Waals surface area (Å²) < 4.78 is 6.27. The normalized spacial score (nSPS) is 10.7. The summed E-state index contributed by atoms with van der Waals surface area (Å²) in [4.78, 5) is 18.3. The lowest BCUT2D eigenvalue weighted by Crippen LogP contribution is -1.93. The Hall–Kier alpha value is -1.92. The predicted octanol–water partition coefficient (Wildman–Crippen LogP) is 3.78. The summed E-state index contributed by atoms with van der Waals surface area (Å²) in [6.45, 7) is 0. The number of hydrogen-bond donors (Lipinski definition) is 1. The molecule has 0 saturated heterocycles. The van der Waals surface area contributed by atoms with Crippen LogP contribution >= 0.6 is 27.5 Å². The number of aliphatic carboxylic acids is 1. The summed E-state index contributed by atoms with van der Waals surface area (Å²) in [6, 6.07) is 5.29. The molecule has 0 aliphatic heterocycles. The van der Waals surface area contributed by atoms with Crippen molar-refractivity contribution in [2.24, 2.45) is 0 Å². The van der Waals surface area contributed by atoms with Crippen molar-refractivity contribution in [3.8, 4) is 11.8 Å². The Bertz CT molecular complexity index is 659. The van der Waals surface area contributed by atoms with Crippen LogP contribution in [0.1, 0.15) is 5.56 Å². The quantitative estimate of drug-likeness (QED) is 0.845. The smallest absolute Gasteiger partial charge is 0.328 e. The van der Waals surface area contributed by atoms with Crippen LogP contribution < -0.4 is 4.74 Å². The number of ether oxygens (including phenoxy) is 1.